The zero-order valence-corrected chi connectivity index (χ0v) is 11.5. The molecular weight excluding hydrogens is 279 g/mol. The topological polar surface area (TPSA) is 35.2 Å². The van der Waals surface area contributed by atoms with E-state index in [9.17, 15) is 13.2 Å². The largest absolute Gasteiger partial charge is 0.573 e. The summed E-state index contributed by atoms with van der Waals surface area (Å²) in [5, 5.41) is 0. The minimum atomic E-state index is -4.72. The molecule has 0 radical (unpaired) electrons. The summed E-state index contributed by atoms with van der Waals surface area (Å²) in [6.45, 7) is 1.95. The third-order valence-electron chi connectivity index (χ3n) is 3.08. The normalized spacial score (nSPS) is 13.0. The predicted molar refractivity (Wildman–Crippen MR) is 74.9 cm³/mol. The van der Waals surface area contributed by atoms with Crippen molar-refractivity contribution in [3.05, 3.63) is 65.2 Å². The maximum absolute atomic E-state index is 12.4. The number of para-hydroxylation sites is 1. The minimum Gasteiger partial charge on any atom is -0.405 e. The van der Waals surface area contributed by atoms with Crippen LogP contribution in [-0.4, -0.2) is 6.36 Å². The maximum atomic E-state index is 12.4. The van der Waals surface area contributed by atoms with Crippen molar-refractivity contribution in [3.8, 4) is 5.75 Å². The fourth-order valence-electron chi connectivity index (χ4n) is 2.21. The average molecular weight is 295 g/mol. The zero-order valence-electron chi connectivity index (χ0n) is 11.5. The molecule has 0 aliphatic carbocycles. The van der Waals surface area contributed by atoms with Crippen molar-refractivity contribution in [1.82, 2.24) is 0 Å². The molecule has 0 aliphatic rings. The summed E-state index contributed by atoms with van der Waals surface area (Å²) in [6, 6.07) is 13.1. The summed E-state index contributed by atoms with van der Waals surface area (Å²) >= 11 is 0. The van der Waals surface area contributed by atoms with E-state index < -0.39 is 12.4 Å². The first-order valence-electron chi connectivity index (χ1n) is 6.51. The minimum absolute atomic E-state index is 0.245. The Morgan fingerprint density at radius 2 is 1.81 bits per heavy atom. The van der Waals surface area contributed by atoms with E-state index in [1.165, 1.54) is 12.1 Å². The quantitative estimate of drug-likeness (QED) is 0.920. The molecule has 0 aliphatic heterocycles. The highest BCUT2D eigenvalue weighted by atomic mass is 19.4. The number of alkyl halides is 3. The molecule has 2 rings (SSSR count). The molecule has 0 saturated carbocycles. The molecule has 0 saturated heterocycles. The Balaban J connectivity index is 2.21. The highest BCUT2D eigenvalue weighted by molar-refractivity contribution is 5.37. The standard InChI is InChI=1S/C16H16F3NO/c1-11-5-4-6-12(9-11)10-14(20)13-7-2-3-8-15(13)21-16(17,18)19/h2-9,14H,10,20H2,1H3. The molecule has 2 N–H and O–H groups in total. The Labute approximate surface area is 121 Å². The molecule has 0 amide bonds. The number of aryl methyl sites for hydroxylation is 1. The second-order valence-corrected chi connectivity index (χ2v) is 4.89. The van der Waals surface area contributed by atoms with Gasteiger partial charge in [-0.15, -0.1) is 13.2 Å². The van der Waals surface area contributed by atoms with Gasteiger partial charge in [0, 0.05) is 11.6 Å². The van der Waals surface area contributed by atoms with Crippen LogP contribution >= 0.6 is 0 Å². The van der Waals surface area contributed by atoms with E-state index in [2.05, 4.69) is 4.74 Å². The van der Waals surface area contributed by atoms with Crippen molar-refractivity contribution in [2.24, 2.45) is 5.73 Å². The fourth-order valence-corrected chi connectivity index (χ4v) is 2.21. The van der Waals surface area contributed by atoms with E-state index in [1.54, 1.807) is 12.1 Å². The molecule has 0 fully saturated rings. The lowest BCUT2D eigenvalue weighted by Crippen LogP contribution is -2.21. The smallest absolute Gasteiger partial charge is 0.405 e. The Morgan fingerprint density at radius 3 is 2.48 bits per heavy atom. The Bertz CT molecular complexity index is 610. The molecule has 1 unspecified atom stereocenters. The first-order chi connectivity index (χ1) is 9.85. The number of ether oxygens (including phenoxy) is 1. The van der Waals surface area contributed by atoms with Crippen LogP contribution in [0.25, 0.3) is 0 Å². The lowest BCUT2D eigenvalue weighted by atomic mass is 9.98. The van der Waals surface area contributed by atoms with Gasteiger partial charge in [0.25, 0.3) is 0 Å². The van der Waals surface area contributed by atoms with Gasteiger partial charge >= 0.3 is 6.36 Å². The number of hydrogen-bond donors (Lipinski definition) is 1. The van der Waals surface area contributed by atoms with Crippen LogP contribution in [-0.2, 0) is 6.42 Å². The molecule has 2 nitrogen and oxygen atoms in total. The summed E-state index contributed by atoms with van der Waals surface area (Å²) in [7, 11) is 0. The van der Waals surface area contributed by atoms with E-state index in [0.29, 0.717) is 12.0 Å². The van der Waals surface area contributed by atoms with Crippen LogP contribution in [0.3, 0.4) is 0 Å². The van der Waals surface area contributed by atoms with Crippen LogP contribution in [0, 0.1) is 6.92 Å². The van der Waals surface area contributed by atoms with Crippen molar-refractivity contribution in [2.75, 3.05) is 0 Å². The van der Waals surface area contributed by atoms with Gasteiger partial charge < -0.3 is 10.5 Å². The van der Waals surface area contributed by atoms with Crippen LogP contribution in [0.4, 0.5) is 13.2 Å². The van der Waals surface area contributed by atoms with Crippen molar-refractivity contribution in [1.29, 1.82) is 0 Å². The van der Waals surface area contributed by atoms with Crippen LogP contribution in [0.1, 0.15) is 22.7 Å². The highest BCUT2D eigenvalue weighted by Crippen LogP contribution is 2.30. The molecule has 0 aromatic heterocycles. The van der Waals surface area contributed by atoms with Gasteiger partial charge in [-0.05, 0) is 25.0 Å². The monoisotopic (exact) mass is 295 g/mol. The summed E-state index contributed by atoms with van der Waals surface area (Å²) in [6.07, 6.45) is -4.28. The van der Waals surface area contributed by atoms with Gasteiger partial charge in [0.15, 0.2) is 0 Å². The molecule has 2 aromatic rings. The summed E-state index contributed by atoms with van der Waals surface area (Å²) < 4.78 is 41.2. The number of nitrogens with two attached hydrogens (primary N) is 1. The summed E-state index contributed by atoms with van der Waals surface area (Å²) in [5.74, 6) is -0.245. The van der Waals surface area contributed by atoms with E-state index in [-0.39, 0.29) is 5.75 Å². The van der Waals surface area contributed by atoms with Crippen LogP contribution in [0.2, 0.25) is 0 Å². The fraction of sp³-hybridized carbons (Fsp3) is 0.250. The Morgan fingerprint density at radius 1 is 1.10 bits per heavy atom. The van der Waals surface area contributed by atoms with E-state index >= 15 is 0 Å². The number of hydrogen-bond acceptors (Lipinski definition) is 2. The molecular formula is C16H16F3NO. The molecule has 0 bridgehead atoms. The maximum Gasteiger partial charge on any atom is 0.573 e. The van der Waals surface area contributed by atoms with Gasteiger partial charge in [-0.2, -0.15) is 0 Å². The van der Waals surface area contributed by atoms with Crippen LogP contribution in [0.15, 0.2) is 48.5 Å². The van der Waals surface area contributed by atoms with Gasteiger partial charge in [-0.25, -0.2) is 0 Å². The van der Waals surface area contributed by atoms with Gasteiger partial charge in [-0.3, -0.25) is 0 Å². The van der Waals surface area contributed by atoms with E-state index in [0.717, 1.165) is 11.1 Å². The number of rotatable bonds is 4. The Kier molecular flexibility index (Phi) is 4.53. The first-order valence-corrected chi connectivity index (χ1v) is 6.51. The highest BCUT2D eigenvalue weighted by Gasteiger charge is 2.32. The third kappa shape index (κ3) is 4.49. The molecule has 0 spiro atoms. The van der Waals surface area contributed by atoms with Crippen molar-refractivity contribution >= 4 is 0 Å². The lowest BCUT2D eigenvalue weighted by Gasteiger charge is -2.18. The van der Waals surface area contributed by atoms with Crippen molar-refractivity contribution in [2.45, 2.75) is 25.7 Å². The van der Waals surface area contributed by atoms with E-state index in [4.69, 9.17) is 5.73 Å². The first kappa shape index (κ1) is 15.4. The predicted octanol–water partition coefficient (Wildman–Crippen LogP) is 4.14. The van der Waals surface area contributed by atoms with Gasteiger partial charge in [0.05, 0.1) is 0 Å². The molecule has 5 heteroatoms. The third-order valence-corrected chi connectivity index (χ3v) is 3.08. The Hall–Kier alpha value is -2.01. The van der Waals surface area contributed by atoms with Crippen molar-refractivity contribution < 1.29 is 17.9 Å². The van der Waals surface area contributed by atoms with Gasteiger partial charge in [0.2, 0.25) is 0 Å². The van der Waals surface area contributed by atoms with Gasteiger partial charge in [0.1, 0.15) is 5.75 Å². The van der Waals surface area contributed by atoms with Gasteiger partial charge in [-0.1, -0.05) is 48.0 Å². The second-order valence-electron chi connectivity index (χ2n) is 4.89. The number of halogens is 3. The average Bonchev–Trinajstić information content (AvgIpc) is 2.37. The van der Waals surface area contributed by atoms with E-state index in [1.807, 2.05) is 31.2 Å². The summed E-state index contributed by atoms with van der Waals surface area (Å²) in [5.41, 5.74) is 8.45. The molecule has 21 heavy (non-hydrogen) atoms. The SMILES string of the molecule is Cc1cccc(CC(N)c2ccccc2OC(F)(F)F)c1. The zero-order chi connectivity index (χ0) is 15.5. The summed E-state index contributed by atoms with van der Waals surface area (Å²) in [4.78, 5) is 0. The molecule has 2 aromatic carbocycles. The second kappa shape index (κ2) is 6.18. The molecule has 112 valence electrons. The van der Waals surface area contributed by atoms with Crippen LogP contribution < -0.4 is 10.5 Å². The number of benzene rings is 2. The molecule has 0 heterocycles. The van der Waals surface area contributed by atoms with Crippen molar-refractivity contribution in [3.63, 3.8) is 0 Å². The lowest BCUT2D eigenvalue weighted by molar-refractivity contribution is -0.275. The molecule has 1 atom stereocenters. The van der Waals surface area contributed by atoms with Crippen LogP contribution in [0.5, 0.6) is 5.75 Å².